The molecule has 16 nitrogen and oxygen atoms in total. The number of benzene rings is 2. The number of β-amino-alcohol motifs (C(OH)–C–C–N with tert-alkyl or cyclic N) is 1. The number of anilines is 1. The summed E-state index contributed by atoms with van der Waals surface area (Å²) in [6, 6.07) is 16.6. The molecule has 7 heterocycles. The van der Waals surface area contributed by atoms with Crippen LogP contribution in [0.25, 0.3) is 15.4 Å². The number of aryl methyl sites for hydroxylation is 3. The number of aliphatic hydroxyl groups excluding tert-OH is 1. The molecule has 3 aliphatic rings. The summed E-state index contributed by atoms with van der Waals surface area (Å²) in [5.74, 6) is 0.00489. The van der Waals surface area contributed by atoms with Crippen molar-refractivity contribution in [2.45, 2.75) is 111 Å². The van der Waals surface area contributed by atoms with Gasteiger partial charge in [-0.2, -0.15) is 0 Å². The lowest BCUT2D eigenvalue weighted by Gasteiger charge is -2.35. The van der Waals surface area contributed by atoms with Crippen LogP contribution in [0.3, 0.4) is 0 Å². The van der Waals surface area contributed by atoms with Gasteiger partial charge in [-0.25, -0.2) is 4.98 Å². The Morgan fingerprint density at radius 2 is 1.66 bits per heavy atom. The number of aliphatic hydroxyl groups is 1. The summed E-state index contributed by atoms with van der Waals surface area (Å²) in [6.07, 6.45) is 1.67. The highest BCUT2D eigenvalue weighted by Gasteiger charge is 2.44. The number of thiophene rings is 1. The fraction of sp³-hybridized carbons (Fsp3) is 0.404. The van der Waals surface area contributed by atoms with Crippen molar-refractivity contribution in [2.75, 3.05) is 24.5 Å². The number of aromatic nitrogens is 5. The SMILES string of the molecule is Cc1ncsc1-c1ccc(CNC(=O)[C@@H]2C[C@@H](O)CN2C(=O)[C@@H](NC(=O)Cc2ccc(N3CC[C@H](NC(=O)C[C@@H]4N=C(c5ccc(Cl)cc5)c5c(sc(C)c5C)-n5c(C)nnc54)C3)cn2)C(C)(C)C)cc1. The smallest absolute Gasteiger partial charge is 0.246 e. The molecule has 370 valence electrons. The number of nitrogens with zero attached hydrogens (tertiary/aromatic N) is 8. The lowest BCUT2D eigenvalue weighted by atomic mass is 9.85. The summed E-state index contributed by atoms with van der Waals surface area (Å²) in [5, 5.41) is 30.4. The van der Waals surface area contributed by atoms with Gasteiger partial charge in [-0.15, -0.1) is 32.9 Å². The van der Waals surface area contributed by atoms with Crippen molar-refractivity contribution in [3.05, 3.63) is 128 Å². The zero-order chi connectivity index (χ0) is 50.3. The molecule has 3 aliphatic heterocycles. The highest BCUT2D eigenvalue weighted by atomic mass is 35.5. The van der Waals surface area contributed by atoms with Gasteiger partial charge in [-0.1, -0.05) is 68.8 Å². The van der Waals surface area contributed by atoms with E-state index in [1.165, 1.54) is 9.78 Å². The largest absolute Gasteiger partial charge is 0.391 e. The third-order valence-corrected chi connectivity index (χ3v) is 15.9. The van der Waals surface area contributed by atoms with Crippen LogP contribution in [-0.2, 0) is 32.1 Å². The minimum Gasteiger partial charge on any atom is -0.391 e. The third kappa shape index (κ3) is 10.7. The Bertz CT molecular complexity index is 3000. The number of aliphatic imine (C=N–C) groups is 1. The van der Waals surface area contributed by atoms with Gasteiger partial charge in [0.2, 0.25) is 23.6 Å². The van der Waals surface area contributed by atoms with Crippen molar-refractivity contribution in [1.29, 1.82) is 0 Å². The Morgan fingerprint density at radius 3 is 2.35 bits per heavy atom. The second-order valence-corrected chi connectivity index (χ2v) is 22.2. The van der Waals surface area contributed by atoms with E-state index in [0.717, 1.165) is 67.0 Å². The first-order valence-electron chi connectivity index (χ1n) is 23.8. The monoisotopic (exact) mass is 1020 g/mol. The van der Waals surface area contributed by atoms with Crippen molar-refractivity contribution in [2.24, 2.45) is 10.4 Å². The van der Waals surface area contributed by atoms with Crippen LogP contribution >= 0.6 is 34.3 Å². The molecule has 2 fully saturated rings. The zero-order valence-electron chi connectivity index (χ0n) is 40.8. The molecule has 0 saturated carbocycles. The van der Waals surface area contributed by atoms with Gasteiger partial charge in [0.05, 0.1) is 52.6 Å². The third-order valence-electron chi connectivity index (χ3n) is 13.5. The maximum absolute atomic E-state index is 14.2. The van der Waals surface area contributed by atoms with Crippen LogP contribution in [0.15, 0.2) is 77.4 Å². The number of thiazole rings is 1. The fourth-order valence-electron chi connectivity index (χ4n) is 9.57. The van der Waals surface area contributed by atoms with E-state index in [-0.39, 0.29) is 50.2 Å². The van der Waals surface area contributed by atoms with E-state index in [9.17, 15) is 24.3 Å². The number of fused-ring (bicyclic) bond motifs is 3. The number of hydrogen-bond donors (Lipinski definition) is 4. The summed E-state index contributed by atoms with van der Waals surface area (Å²) < 4.78 is 2.04. The minimum atomic E-state index is -0.973. The number of carbonyl (C=O) groups is 4. The number of rotatable bonds is 13. The fourth-order valence-corrected chi connectivity index (χ4v) is 11.7. The van der Waals surface area contributed by atoms with Crippen LogP contribution in [0.4, 0.5) is 5.69 Å². The van der Waals surface area contributed by atoms with Gasteiger partial charge in [0.1, 0.15) is 29.0 Å². The molecule has 0 aliphatic carbocycles. The van der Waals surface area contributed by atoms with Crippen LogP contribution in [0.2, 0.25) is 5.02 Å². The van der Waals surface area contributed by atoms with Gasteiger partial charge in [-0.05, 0) is 80.5 Å². The molecular weight excluding hydrogens is 958 g/mol. The van der Waals surface area contributed by atoms with Gasteiger partial charge in [0, 0.05) is 65.4 Å². The first-order chi connectivity index (χ1) is 33.9. The van der Waals surface area contributed by atoms with Crippen molar-refractivity contribution in [3.8, 4) is 15.4 Å². The predicted molar refractivity (Wildman–Crippen MR) is 276 cm³/mol. The summed E-state index contributed by atoms with van der Waals surface area (Å²) >= 11 is 9.52. The Morgan fingerprint density at radius 1 is 0.915 bits per heavy atom. The molecule has 4 amide bonds. The van der Waals surface area contributed by atoms with Crippen molar-refractivity contribution in [3.63, 3.8) is 0 Å². The maximum Gasteiger partial charge on any atom is 0.246 e. The van der Waals surface area contributed by atoms with Gasteiger partial charge >= 0.3 is 0 Å². The van der Waals surface area contributed by atoms with E-state index in [1.807, 2.05) is 99.3 Å². The second-order valence-electron chi connectivity index (χ2n) is 19.7. The molecule has 0 spiro atoms. The molecule has 9 rings (SSSR count). The first kappa shape index (κ1) is 49.6. The number of halogens is 1. The molecule has 0 unspecified atom stereocenters. The lowest BCUT2D eigenvalue weighted by molar-refractivity contribution is -0.144. The van der Waals surface area contributed by atoms with E-state index < -0.39 is 41.5 Å². The quantitative estimate of drug-likeness (QED) is 0.0959. The summed E-state index contributed by atoms with van der Waals surface area (Å²) in [7, 11) is 0. The molecule has 4 aromatic heterocycles. The van der Waals surface area contributed by atoms with Crippen LogP contribution < -0.4 is 20.9 Å². The van der Waals surface area contributed by atoms with E-state index in [0.29, 0.717) is 29.6 Å². The minimum absolute atomic E-state index is 0.0208. The van der Waals surface area contributed by atoms with Crippen molar-refractivity contribution >= 4 is 69.3 Å². The van der Waals surface area contributed by atoms with Crippen LogP contribution in [0.5, 0.6) is 0 Å². The Hall–Kier alpha value is -6.34. The highest BCUT2D eigenvalue weighted by molar-refractivity contribution is 7.15. The highest BCUT2D eigenvalue weighted by Crippen LogP contribution is 2.40. The van der Waals surface area contributed by atoms with Gasteiger partial charge in [-0.3, -0.25) is 33.7 Å². The predicted octanol–water partition coefficient (Wildman–Crippen LogP) is 6.76. The Kier molecular flexibility index (Phi) is 14.3. The van der Waals surface area contributed by atoms with Crippen LogP contribution in [0.1, 0.15) is 96.2 Å². The van der Waals surface area contributed by atoms with Gasteiger partial charge in [0.25, 0.3) is 0 Å². The van der Waals surface area contributed by atoms with Crippen molar-refractivity contribution in [1.82, 2.24) is 45.6 Å². The number of pyridine rings is 1. The Labute approximate surface area is 426 Å². The zero-order valence-corrected chi connectivity index (χ0v) is 43.2. The summed E-state index contributed by atoms with van der Waals surface area (Å²) in [5.41, 5.74) is 9.20. The maximum atomic E-state index is 14.2. The second kappa shape index (κ2) is 20.4. The van der Waals surface area contributed by atoms with Crippen LogP contribution in [0, 0.1) is 33.1 Å². The molecular formula is C52H58ClN11O5S2. The van der Waals surface area contributed by atoms with Crippen LogP contribution in [-0.4, -0.2) is 108 Å². The number of hydrogen-bond acceptors (Lipinski definition) is 13. The van der Waals surface area contributed by atoms with E-state index in [4.69, 9.17) is 16.6 Å². The molecule has 0 radical (unpaired) electrons. The molecule has 5 atom stereocenters. The number of carbonyl (C=O) groups excluding carboxylic acids is 4. The van der Waals surface area contributed by atoms with Gasteiger partial charge in [0.15, 0.2) is 5.82 Å². The number of amides is 4. The molecule has 2 saturated heterocycles. The topological polar surface area (TPSA) is 200 Å². The average Bonchev–Trinajstić information content (AvgIpc) is 4.18. The average molecular weight is 1020 g/mol. The molecule has 0 bridgehead atoms. The summed E-state index contributed by atoms with van der Waals surface area (Å²) in [4.78, 5) is 75.3. The molecule has 6 aromatic rings. The molecule has 2 aromatic carbocycles. The van der Waals surface area contributed by atoms with E-state index >= 15 is 0 Å². The summed E-state index contributed by atoms with van der Waals surface area (Å²) in [6.45, 7) is 15.1. The van der Waals surface area contributed by atoms with E-state index in [1.54, 1.807) is 34.9 Å². The van der Waals surface area contributed by atoms with Gasteiger partial charge < -0.3 is 30.9 Å². The number of likely N-dealkylation sites (tertiary alicyclic amines) is 1. The first-order valence-corrected chi connectivity index (χ1v) is 25.9. The molecule has 19 heteroatoms. The normalized spacial score (nSPS) is 19.1. The molecule has 4 N–H and O–H groups in total. The van der Waals surface area contributed by atoms with E-state index in [2.05, 4.69) is 54.9 Å². The molecule has 71 heavy (non-hydrogen) atoms. The Balaban J connectivity index is 0.795. The lowest BCUT2D eigenvalue weighted by Crippen LogP contribution is -2.58. The standard InChI is InChI=1S/C52H58ClN11O5S2/c1-28-30(3)71-51-44(28)45(33-12-14-35(53)15-13-33)58-40(48-61-60-31(4)64(48)51)22-43(67)57-37-18-19-62(25-37)38-17-16-36(54-24-38)20-42(66)59-47(52(5,6)7)50(69)63-26-39(65)21-41(63)49(68)55-23-32-8-10-34(11-9-32)46-29(2)56-27-70-46/h8-17,24,27,37,39-41,47,65H,18-23,25-26H2,1-7H3,(H,55,68)(H,57,67)(H,59,66)/t37-,39+,40-,41-,47+/m0/s1. The van der Waals surface area contributed by atoms with Crippen molar-refractivity contribution < 1.29 is 24.3 Å². The number of nitrogens with one attached hydrogen (secondary N) is 3.